The van der Waals surface area contributed by atoms with Gasteiger partial charge in [0.05, 0.1) is 0 Å². The summed E-state index contributed by atoms with van der Waals surface area (Å²) in [5.41, 5.74) is 6.81. The van der Waals surface area contributed by atoms with Gasteiger partial charge in [0.15, 0.2) is 0 Å². The molecule has 0 spiro atoms. The molecule has 3 aromatic carbocycles. The van der Waals surface area contributed by atoms with Gasteiger partial charge in [0.2, 0.25) is 0 Å². The standard InChI is InChI=1S/C30H39F2N3OSi/c1-30(2,3)37(26-10-6-4-7-11-26,27-12-8-5-9-13-27)36-21-20-34-16-18-35(19-17-34)23-24-14-15-25(33)22-28(24)29(31)32/h4-15,22,29H,16-21,23,33H2,1-3H3. The van der Waals surface area contributed by atoms with E-state index in [-0.39, 0.29) is 10.6 Å². The van der Waals surface area contributed by atoms with Gasteiger partial charge in [-0.15, -0.1) is 0 Å². The zero-order valence-corrected chi connectivity index (χ0v) is 23.2. The van der Waals surface area contributed by atoms with E-state index in [0.29, 0.717) is 24.4 Å². The summed E-state index contributed by atoms with van der Waals surface area (Å²) in [6.45, 7) is 12.4. The summed E-state index contributed by atoms with van der Waals surface area (Å²) in [6.07, 6.45) is -2.52. The van der Waals surface area contributed by atoms with E-state index in [0.717, 1.165) is 32.7 Å². The number of nitrogens with two attached hydrogens (primary N) is 1. The Morgan fingerprint density at radius 1 is 0.838 bits per heavy atom. The molecule has 1 saturated heterocycles. The predicted molar refractivity (Wildman–Crippen MR) is 151 cm³/mol. The third-order valence-electron chi connectivity index (χ3n) is 7.41. The normalized spacial score (nSPS) is 15.8. The Morgan fingerprint density at radius 3 is 1.89 bits per heavy atom. The maximum atomic E-state index is 13.5. The van der Waals surface area contributed by atoms with E-state index in [1.807, 2.05) is 0 Å². The number of alkyl halides is 2. The molecule has 0 amide bonds. The second-order valence-corrected chi connectivity index (χ2v) is 15.2. The first-order valence-corrected chi connectivity index (χ1v) is 15.0. The fourth-order valence-corrected chi connectivity index (χ4v) is 10.0. The van der Waals surface area contributed by atoms with Gasteiger partial charge in [-0.05, 0) is 33.1 Å². The number of halogens is 2. The first-order chi connectivity index (χ1) is 17.7. The third-order valence-corrected chi connectivity index (χ3v) is 12.4. The van der Waals surface area contributed by atoms with Crippen LogP contribution in [0.3, 0.4) is 0 Å². The van der Waals surface area contributed by atoms with E-state index in [9.17, 15) is 8.78 Å². The van der Waals surface area contributed by atoms with Gasteiger partial charge in [0.1, 0.15) is 0 Å². The van der Waals surface area contributed by atoms with E-state index in [2.05, 4.69) is 91.2 Å². The fourth-order valence-electron chi connectivity index (χ4n) is 5.46. The van der Waals surface area contributed by atoms with Gasteiger partial charge in [0, 0.05) is 57.1 Å². The molecule has 1 fully saturated rings. The molecule has 0 aliphatic carbocycles. The highest BCUT2D eigenvalue weighted by Crippen LogP contribution is 2.36. The Kier molecular flexibility index (Phi) is 8.80. The van der Waals surface area contributed by atoms with Gasteiger partial charge in [-0.3, -0.25) is 9.80 Å². The number of hydrogen-bond donors (Lipinski definition) is 1. The molecule has 4 rings (SSSR count). The number of piperazine rings is 1. The van der Waals surface area contributed by atoms with Crippen molar-refractivity contribution >= 4 is 24.4 Å². The first kappa shape index (κ1) is 27.5. The lowest BCUT2D eigenvalue weighted by molar-refractivity contribution is 0.108. The molecule has 0 radical (unpaired) electrons. The van der Waals surface area contributed by atoms with Gasteiger partial charge < -0.3 is 10.2 Å². The van der Waals surface area contributed by atoms with Crippen molar-refractivity contribution in [2.24, 2.45) is 0 Å². The van der Waals surface area contributed by atoms with Crippen LogP contribution >= 0.6 is 0 Å². The molecule has 0 atom stereocenters. The van der Waals surface area contributed by atoms with Gasteiger partial charge in [-0.1, -0.05) is 87.5 Å². The highest BCUT2D eigenvalue weighted by atomic mass is 28.4. The van der Waals surface area contributed by atoms with Crippen molar-refractivity contribution < 1.29 is 13.2 Å². The summed E-state index contributed by atoms with van der Waals surface area (Å²) < 4.78 is 34.0. The molecule has 1 heterocycles. The van der Waals surface area contributed by atoms with E-state index in [4.69, 9.17) is 10.2 Å². The Hall–Kier alpha value is -2.58. The molecule has 4 nitrogen and oxygen atoms in total. The monoisotopic (exact) mass is 523 g/mol. The van der Waals surface area contributed by atoms with Gasteiger partial charge in [0.25, 0.3) is 14.7 Å². The Bertz CT molecular complexity index is 1090. The smallest absolute Gasteiger partial charge is 0.264 e. The molecule has 198 valence electrons. The maximum absolute atomic E-state index is 13.5. The van der Waals surface area contributed by atoms with Gasteiger partial charge >= 0.3 is 0 Å². The van der Waals surface area contributed by atoms with Gasteiger partial charge in [-0.2, -0.15) is 0 Å². The summed E-state index contributed by atoms with van der Waals surface area (Å²) in [7, 11) is -2.54. The highest BCUT2D eigenvalue weighted by Gasteiger charge is 2.50. The van der Waals surface area contributed by atoms with Crippen LogP contribution in [0.1, 0.15) is 38.3 Å². The van der Waals surface area contributed by atoms with Crippen LogP contribution in [-0.2, 0) is 11.0 Å². The zero-order chi connectivity index (χ0) is 26.5. The molecular formula is C30H39F2N3OSi. The van der Waals surface area contributed by atoms with E-state index in [1.165, 1.54) is 16.4 Å². The average Bonchev–Trinajstić information content (AvgIpc) is 2.89. The Balaban J connectivity index is 1.40. The molecule has 0 unspecified atom stereocenters. The van der Waals surface area contributed by atoms with Gasteiger partial charge in [-0.25, -0.2) is 8.78 Å². The van der Waals surface area contributed by atoms with E-state index < -0.39 is 14.7 Å². The Labute approximate surface area is 221 Å². The molecule has 0 bridgehead atoms. The fraction of sp³-hybridized carbons (Fsp3) is 0.400. The molecule has 7 heteroatoms. The quantitative estimate of drug-likeness (QED) is 0.320. The second-order valence-electron chi connectivity index (χ2n) is 10.9. The molecule has 3 aromatic rings. The molecule has 0 aromatic heterocycles. The maximum Gasteiger partial charge on any atom is 0.264 e. The van der Waals surface area contributed by atoms with Crippen molar-refractivity contribution in [1.82, 2.24) is 9.80 Å². The number of nitrogen functional groups attached to an aromatic ring is 1. The molecule has 1 aliphatic rings. The topological polar surface area (TPSA) is 41.7 Å². The lowest BCUT2D eigenvalue weighted by Crippen LogP contribution is -2.67. The number of rotatable bonds is 9. The lowest BCUT2D eigenvalue weighted by Gasteiger charge is -2.43. The minimum absolute atomic E-state index is 0.0427. The van der Waals surface area contributed by atoms with E-state index in [1.54, 1.807) is 12.1 Å². The molecule has 2 N–H and O–H groups in total. The Morgan fingerprint density at radius 2 is 1.38 bits per heavy atom. The van der Waals surface area contributed by atoms with Crippen LogP contribution in [0.4, 0.5) is 14.5 Å². The lowest BCUT2D eigenvalue weighted by atomic mass is 10.1. The van der Waals surface area contributed by atoms with Crippen LogP contribution in [0.15, 0.2) is 78.9 Å². The van der Waals surface area contributed by atoms with Crippen molar-refractivity contribution in [1.29, 1.82) is 0 Å². The van der Waals surface area contributed by atoms with Crippen LogP contribution in [-0.4, -0.2) is 57.4 Å². The van der Waals surface area contributed by atoms with Crippen LogP contribution < -0.4 is 16.1 Å². The summed E-state index contributed by atoms with van der Waals surface area (Å²) in [6, 6.07) is 26.3. The van der Waals surface area contributed by atoms with Crippen molar-refractivity contribution in [2.45, 2.75) is 38.8 Å². The average molecular weight is 524 g/mol. The summed E-state index contributed by atoms with van der Waals surface area (Å²) in [5.74, 6) is 0. The molecule has 0 saturated carbocycles. The summed E-state index contributed by atoms with van der Waals surface area (Å²) in [4.78, 5) is 4.67. The van der Waals surface area contributed by atoms with Crippen LogP contribution in [0.5, 0.6) is 0 Å². The SMILES string of the molecule is CC(C)(C)[Si](OCCN1CCN(Cc2ccc(N)cc2C(F)F)CC1)(c1ccccc1)c1ccccc1. The van der Waals surface area contributed by atoms with Crippen LogP contribution in [0.25, 0.3) is 0 Å². The van der Waals surface area contributed by atoms with Crippen LogP contribution in [0, 0.1) is 0 Å². The van der Waals surface area contributed by atoms with Crippen molar-refractivity contribution in [3.05, 3.63) is 90.0 Å². The minimum atomic E-state index is -2.54. The summed E-state index contributed by atoms with van der Waals surface area (Å²) >= 11 is 0. The predicted octanol–water partition coefficient (Wildman–Crippen LogP) is 4.90. The number of anilines is 1. The second kappa shape index (κ2) is 11.9. The van der Waals surface area contributed by atoms with E-state index >= 15 is 0 Å². The highest BCUT2D eigenvalue weighted by molar-refractivity contribution is 6.99. The number of benzene rings is 3. The zero-order valence-electron chi connectivity index (χ0n) is 22.2. The largest absolute Gasteiger partial charge is 0.406 e. The van der Waals surface area contributed by atoms with Crippen molar-refractivity contribution in [2.75, 3.05) is 45.1 Å². The first-order valence-electron chi connectivity index (χ1n) is 13.1. The molecule has 37 heavy (non-hydrogen) atoms. The minimum Gasteiger partial charge on any atom is -0.406 e. The number of nitrogens with zero attached hydrogens (tertiary/aromatic N) is 2. The van der Waals surface area contributed by atoms with Crippen molar-refractivity contribution in [3.63, 3.8) is 0 Å². The third kappa shape index (κ3) is 6.29. The molecule has 1 aliphatic heterocycles. The van der Waals surface area contributed by atoms with Crippen LogP contribution in [0.2, 0.25) is 5.04 Å². The number of hydrogen-bond acceptors (Lipinski definition) is 4. The summed E-state index contributed by atoms with van der Waals surface area (Å²) in [5, 5.41) is 2.53. The molecular weight excluding hydrogens is 484 g/mol. The van der Waals surface area contributed by atoms with Crippen molar-refractivity contribution in [3.8, 4) is 0 Å².